The maximum Gasteiger partial charge on any atom is 0.237 e. The van der Waals surface area contributed by atoms with Crippen LogP contribution < -0.4 is 4.74 Å². The molecule has 0 aliphatic heterocycles. The molecule has 0 aliphatic rings. The molecule has 0 saturated carbocycles. The van der Waals surface area contributed by atoms with E-state index in [4.69, 9.17) is 25.6 Å². The van der Waals surface area contributed by atoms with Gasteiger partial charge < -0.3 is 18.6 Å². The van der Waals surface area contributed by atoms with E-state index < -0.39 is 0 Å². The molecule has 2 aromatic heterocycles. The van der Waals surface area contributed by atoms with Gasteiger partial charge in [-0.1, -0.05) is 52.8 Å². The van der Waals surface area contributed by atoms with E-state index in [-0.39, 0.29) is 0 Å². The summed E-state index contributed by atoms with van der Waals surface area (Å²) in [6.45, 7) is 3.83. The first-order valence-corrected chi connectivity index (χ1v) is 11.9. The number of nitrogens with zero attached hydrogens (tertiary/aromatic N) is 5. The van der Waals surface area contributed by atoms with Crippen molar-refractivity contribution < 1.29 is 14.0 Å². The van der Waals surface area contributed by atoms with E-state index in [2.05, 4.69) is 20.3 Å². The average Bonchev–Trinajstić information content (AvgIpc) is 3.46. The summed E-state index contributed by atoms with van der Waals surface area (Å²) in [6.07, 6.45) is 0.818. The van der Waals surface area contributed by atoms with E-state index >= 15 is 0 Å². The number of methoxy groups -OCH3 is 1. The van der Waals surface area contributed by atoms with Crippen LogP contribution in [0.4, 0.5) is 0 Å². The molecular formula is C23H24ClN5O3S. The van der Waals surface area contributed by atoms with Crippen LogP contribution in [0, 0.1) is 0 Å². The van der Waals surface area contributed by atoms with Gasteiger partial charge in [-0.2, -0.15) is 4.98 Å². The molecule has 0 unspecified atom stereocenters. The highest BCUT2D eigenvalue weighted by molar-refractivity contribution is 7.98. The zero-order valence-electron chi connectivity index (χ0n) is 18.4. The minimum atomic E-state index is 0.453. The second-order valence-corrected chi connectivity index (χ2v) is 8.36. The summed E-state index contributed by atoms with van der Waals surface area (Å²) >= 11 is 7.89. The fourth-order valence-corrected chi connectivity index (χ4v) is 4.31. The van der Waals surface area contributed by atoms with Gasteiger partial charge >= 0.3 is 0 Å². The highest BCUT2D eigenvalue weighted by atomic mass is 35.5. The van der Waals surface area contributed by atoms with E-state index in [1.807, 2.05) is 60.0 Å². The van der Waals surface area contributed by atoms with Gasteiger partial charge in [-0.3, -0.25) is 0 Å². The molecule has 0 spiro atoms. The zero-order valence-corrected chi connectivity index (χ0v) is 20.0. The van der Waals surface area contributed by atoms with E-state index in [9.17, 15) is 0 Å². The van der Waals surface area contributed by atoms with Gasteiger partial charge in [0, 0.05) is 25.8 Å². The van der Waals surface area contributed by atoms with Gasteiger partial charge in [0.15, 0.2) is 11.0 Å². The van der Waals surface area contributed by atoms with Crippen LogP contribution in [-0.4, -0.2) is 45.2 Å². The zero-order chi connectivity index (χ0) is 23.0. The highest BCUT2D eigenvalue weighted by Crippen LogP contribution is 2.32. The number of aromatic nitrogens is 5. The smallest absolute Gasteiger partial charge is 0.237 e. The van der Waals surface area contributed by atoms with Crippen LogP contribution in [0.3, 0.4) is 0 Å². The summed E-state index contributed by atoms with van der Waals surface area (Å²) in [5.41, 5.74) is 1.63. The Morgan fingerprint density at radius 1 is 1.06 bits per heavy atom. The largest absolute Gasteiger partial charge is 0.493 e. The quantitative estimate of drug-likeness (QED) is 0.207. The van der Waals surface area contributed by atoms with Crippen molar-refractivity contribution in [3.05, 3.63) is 59.4 Å². The Kier molecular flexibility index (Phi) is 7.98. The summed E-state index contributed by atoms with van der Waals surface area (Å²) in [5, 5.41) is 14.3. The number of hydrogen-bond donors (Lipinski definition) is 0. The summed E-state index contributed by atoms with van der Waals surface area (Å²) in [5.74, 6) is 2.88. The third-order valence-electron chi connectivity index (χ3n) is 4.78. The lowest BCUT2D eigenvalue weighted by atomic mass is 10.2. The number of hydrogen-bond acceptors (Lipinski definition) is 8. The second-order valence-electron chi connectivity index (χ2n) is 7.01. The van der Waals surface area contributed by atoms with Gasteiger partial charge in [-0.25, -0.2) is 0 Å². The Balaban J connectivity index is 1.54. The number of thioether (sulfide) groups is 1. The number of rotatable bonds is 11. The lowest BCUT2D eigenvalue weighted by Crippen LogP contribution is -2.05. The number of ether oxygens (including phenoxy) is 2. The average molecular weight is 486 g/mol. The minimum absolute atomic E-state index is 0.453. The Hall–Kier alpha value is -2.88. The number of halogens is 1. The molecule has 2 aromatic carbocycles. The highest BCUT2D eigenvalue weighted by Gasteiger charge is 2.18. The number of para-hydroxylation sites is 1. The monoisotopic (exact) mass is 485 g/mol. The molecule has 0 fully saturated rings. The van der Waals surface area contributed by atoms with Gasteiger partial charge in [0.1, 0.15) is 5.75 Å². The Morgan fingerprint density at radius 2 is 1.85 bits per heavy atom. The lowest BCUT2D eigenvalue weighted by Gasteiger charge is -2.10. The topological polar surface area (TPSA) is 88.1 Å². The van der Waals surface area contributed by atoms with E-state index in [0.717, 1.165) is 34.3 Å². The lowest BCUT2D eigenvalue weighted by molar-refractivity contribution is 0.189. The van der Waals surface area contributed by atoms with Crippen LogP contribution in [-0.2, 0) is 17.0 Å². The standard InChI is InChI=1S/C23H24ClN5O3S/c1-3-31-19-12-7-5-10-17(19)21-25-20(32-28-21)15-33-23-27-26-22(29(23)13-8-14-30-2)16-9-4-6-11-18(16)24/h4-7,9-12H,3,8,13-15H2,1-2H3. The minimum Gasteiger partial charge on any atom is -0.493 e. The fraction of sp³-hybridized carbons (Fsp3) is 0.304. The van der Waals surface area contributed by atoms with Crippen LogP contribution >= 0.6 is 23.4 Å². The molecule has 10 heteroatoms. The van der Waals surface area contributed by atoms with Crippen LogP contribution in [0.5, 0.6) is 5.75 Å². The molecule has 4 rings (SSSR count). The van der Waals surface area contributed by atoms with Crippen molar-refractivity contribution in [2.45, 2.75) is 30.8 Å². The number of benzene rings is 2. The van der Waals surface area contributed by atoms with Crippen molar-refractivity contribution in [3.8, 4) is 28.5 Å². The van der Waals surface area contributed by atoms with Gasteiger partial charge in [0.25, 0.3) is 0 Å². The van der Waals surface area contributed by atoms with E-state index in [1.165, 1.54) is 11.8 Å². The summed E-state index contributed by atoms with van der Waals surface area (Å²) in [7, 11) is 1.69. The van der Waals surface area contributed by atoms with Crippen molar-refractivity contribution in [1.82, 2.24) is 24.9 Å². The summed E-state index contributed by atoms with van der Waals surface area (Å²) in [6, 6.07) is 15.2. The summed E-state index contributed by atoms with van der Waals surface area (Å²) in [4.78, 5) is 4.55. The Morgan fingerprint density at radius 3 is 2.64 bits per heavy atom. The van der Waals surface area contributed by atoms with Crippen LogP contribution in [0.2, 0.25) is 5.02 Å². The SMILES string of the molecule is CCOc1ccccc1-c1noc(CSc2nnc(-c3ccccc3Cl)n2CCCOC)n1. The predicted molar refractivity (Wildman–Crippen MR) is 127 cm³/mol. The predicted octanol–water partition coefficient (Wildman–Crippen LogP) is 5.38. The van der Waals surface area contributed by atoms with E-state index in [0.29, 0.717) is 42.2 Å². The molecule has 0 aliphatic carbocycles. The van der Waals surface area contributed by atoms with Gasteiger partial charge in [-0.15, -0.1) is 10.2 Å². The molecule has 8 nitrogen and oxygen atoms in total. The molecule has 0 radical (unpaired) electrons. The van der Waals surface area contributed by atoms with Gasteiger partial charge in [0.2, 0.25) is 11.7 Å². The molecule has 0 saturated heterocycles. The molecule has 0 bridgehead atoms. The molecule has 2 heterocycles. The van der Waals surface area contributed by atoms with Crippen molar-refractivity contribution >= 4 is 23.4 Å². The first kappa shape index (κ1) is 23.3. The van der Waals surface area contributed by atoms with Crippen LogP contribution in [0.15, 0.2) is 58.2 Å². The van der Waals surface area contributed by atoms with Crippen LogP contribution in [0.1, 0.15) is 19.2 Å². The molecule has 4 aromatic rings. The van der Waals surface area contributed by atoms with Crippen molar-refractivity contribution in [1.29, 1.82) is 0 Å². The van der Waals surface area contributed by atoms with Gasteiger partial charge in [-0.05, 0) is 37.6 Å². The van der Waals surface area contributed by atoms with E-state index in [1.54, 1.807) is 7.11 Å². The fourth-order valence-electron chi connectivity index (χ4n) is 3.29. The molecule has 33 heavy (non-hydrogen) atoms. The molecule has 0 amide bonds. The third-order valence-corrected chi connectivity index (χ3v) is 6.06. The van der Waals surface area contributed by atoms with Gasteiger partial charge in [0.05, 0.1) is 22.9 Å². The first-order chi connectivity index (χ1) is 16.2. The molecule has 172 valence electrons. The maximum atomic E-state index is 6.41. The van der Waals surface area contributed by atoms with Crippen molar-refractivity contribution in [2.24, 2.45) is 0 Å². The Bertz CT molecular complexity index is 1200. The molecule has 0 atom stereocenters. The summed E-state index contributed by atoms with van der Waals surface area (Å²) < 4.78 is 18.4. The second kappa shape index (κ2) is 11.3. The molecule has 0 N–H and O–H groups in total. The van der Waals surface area contributed by atoms with Crippen molar-refractivity contribution in [3.63, 3.8) is 0 Å². The van der Waals surface area contributed by atoms with Crippen LogP contribution in [0.25, 0.3) is 22.8 Å². The first-order valence-electron chi connectivity index (χ1n) is 10.6. The molecular weight excluding hydrogens is 462 g/mol. The maximum absolute atomic E-state index is 6.41. The third kappa shape index (κ3) is 5.55. The normalized spacial score (nSPS) is 11.1. The van der Waals surface area contributed by atoms with Crippen molar-refractivity contribution in [2.75, 3.05) is 20.3 Å². The Labute approximate surface area is 201 Å².